The number of carbonyl (C=O) groups is 1. The van der Waals surface area contributed by atoms with E-state index in [0.717, 1.165) is 15.6 Å². The Morgan fingerprint density at radius 3 is 2.56 bits per heavy atom. The molecular formula is C13H16BrClO3. The molecule has 0 aliphatic heterocycles. The minimum absolute atomic E-state index is 0.419. The fraction of sp³-hybridized carbons (Fsp3) is 0.462. The number of hydrogen-bond acceptors (Lipinski definition) is 2. The fourth-order valence-corrected chi connectivity index (χ4v) is 2.66. The summed E-state index contributed by atoms with van der Waals surface area (Å²) in [6.45, 7) is 3.81. The molecule has 0 heterocycles. The smallest absolute Gasteiger partial charge is 0.309 e. The van der Waals surface area contributed by atoms with Crippen molar-refractivity contribution in [2.24, 2.45) is 5.41 Å². The molecule has 0 saturated carbocycles. The molecule has 0 fully saturated rings. The lowest BCUT2D eigenvalue weighted by Gasteiger charge is -2.20. The Balaban J connectivity index is 3.03. The molecule has 5 heteroatoms. The Kier molecular flexibility index (Phi) is 5.20. The minimum atomic E-state index is -0.823. The molecule has 0 spiro atoms. The van der Waals surface area contributed by atoms with E-state index in [1.165, 1.54) is 0 Å². The van der Waals surface area contributed by atoms with Crippen LogP contribution in [0, 0.1) is 5.41 Å². The van der Waals surface area contributed by atoms with Crippen molar-refractivity contribution < 1.29 is 14.6 Å². The van der Waals surface area contributed by atoms with Crippen molar-refractivity contribution in [2.45, 2.75) is 26.9 Å². The van der Waals surface area contributed by atoms with Crippen molar-refractivity contribution in [1.29, 1.82) is 0 Å². The Labute approximate surface area is 120 Å². The van der Waals surface area contributed by atoms with Crippen LogP contribution in [0.3, 0.4) is 0 Å². The Morgan fingerprint density at radius 2 is 2.11 bits per heavy atom. The lowest BCUT2D eigenvalue weighted by molar-refractivity contribution is -0.146. The number of rotatable bonds is 5. The lowest BCUT2D eigenvalue weighted by atomic mass is 9.86. The molecule has 0 atom stereocenters. The normalized spacial score (nSPS) is 11.6. The Morgan fingerprint density at radius 1 is 1.50 bits per heavy atom. The summed E-state index contributed by atoms with van der Waals surface area (Å²) in [5.74, 6) is -0.823. The number of halogens is 2. The quantitative estimate of drug-likeness (QED) is 0.887. The van der Waals surface area contributed by atoms with E-state index in [4.69, 9.17) is 21.4 Å². The van der Waals surface area contributed by atoms with Crippen LogP contribution in [0.15, 0.2) is 16.6 Å². The molecule has 0 aromatic heterocycles. The van der Waals surface area contributed by atoms with Crippen LogP contribution in [0.5, 0.6) is 0 Å². The van der Waals surface area contributed by atoms with Crippen molar-refractivity contribution in [3.05, 3.63) is 32.8 Å². The molecule has 1 N–H and O–H groups in total. The van der Waals surface area contributed by atoms with Gasteiger partial charge >= 0.3 is 5.97 Å². The monoisotopic (exact) mass is 334 g/mol. The van der Waals surface area contributed by atoms with Crippen LogP contribution in [-0.2, 0) is 22.6 Å². The molecule has 18 heavy (non-hydrogen) atoms. The average molecular weight is 336 g/mol. The molecule has 0 saturated heterocycles. The molecule has 1 rings (SSSR count). The Bertz CT molecular complexity index is 435. The van der Waals surface area contributed by atoms with Gasteiger partial charge in [-0.3, -0.25) is 4.79 Å². The largest absolute Gasteiger partial charge is 0.481 e. The van der Waals surface area contributed by atoms with Gasteiger partial charge in [-0.05, 0) is 38.0 Å². The molecule has 0 amide bonds. The predicted molar refractivity (Wildman–Crippen MR) is 75.0 cm³/mol. The van der Waals surface area contributed by atoms with Gasteiger partial charge in [-0.25, -0.2) is 0 Å². The molecule has 3 nitrogen and oxygen atoms in total. The van der Waals surface area contributed by atoms with Crippen LogP contribution >= 0.6 is 27.5 Å². The average Bonchev–Trinajstić information content (AvgIpc) is 2.22. The summed E-state index contributed by atoms with van der Waals surface area (Å²) in [5.41, 5.74) is 0.945. The second-order valence-electron chi connectivity index (χ2n) is 4.84. The maximum absolute atomic E-state index is 11.1. The fourth-order valence-electron chi connectivity index (χ4n) is 1.63. The van der Waals surface area contributed by atoms with E-state index in [0.29, 0.717) is 18.1 Å². The van der Waals surface area contributed by atoms with Gasteiger partial charge in [0.1, 0.15) is 0 Å². The van der Waals surface area contributed by atoms with Crippen molar-refractivity contribution in [2.75, 3.05) is 7.11 Å². The number of carboxylic acids is 1. The van der Waals surface area contributed by atoms with E-state index in [1.54, 1.807) is 27.0 Å². The highest BCUT2D eigenvalue weighted by Gasteiger charge is 2.27. The summed E-state index contributed by atoms with van der Waals surface area (Å²) in [7, 11) is 1.60. The van der Waals surface area contributed by atoms with Crippen molar-refractivity contribution in [3.63, 3.8) is 0 Å². The first-order valence-electron chi connectivity index (χ1n) is 5.47. The van der Waals surface area contributed by atoms with Crippen molar-refractivity contribution in [1.82, 2.24) is 0 Å². The zero-order valence-corrected chi connectivity index (χ0v) is 12.9. The van der Waals surface area contributed by atoms with Gasteiger partial charge in [-0.2, -0.15) is 0 Å². The number of carboxylic acid groups (broad SMARTS) is 1. The number of ether oxygens (including phenoxy) is 1. The summed E-state index contributed by atoms with van der Waals surface area (Å²) in [6.07, 6.45) is 0.425. The maximum Gasteiger partial charge on any atom is 0.309 e. The third-order valence-electron chi connectivity index (χ3n) is 2.71. The molecule has 0 radical (unpaired) electrons. The van der Waals surface area contributed by atoms with E-state index in [9.17, 15) is 4.79 Å². The van der Waals surface area contributed by atoms with Gasteiger partial charge in [-0.1, -0.05) is 27.5 Å². The molecule has 0 aliphatic rings. The van der Waals surface area contributed by atoms with Gasteiger partial charge in [0.05, 0.1) is 12.0 Å². The first-order chi connectivity index (χ1) is 8.27. The number of aliphatic carboxylic acids is 1. The van der Waals surface area contributed by atoms with Gasteiger partial charge in [0.2, 0.25) is 0 Å². The number of benzene rings is 1. The van der Waals surface area contributed by atoms with Crippen LogP contribution < -0.4 is 0 Å². The van der Waals surface area contributed by atoms with E-state index in [2.05, 4.69) is 15.9 Å². The van der Waals surface area contributed by atoms with Gasteiger partial charge in [0.15, 0.2) is 0 Å². The van der Waals surface area contributed by atoms with Gasteiger partial charge in [-0.15, -0.1) is 0 Å². The van der Waals surface area contributed by atoms with Crippen LogP contribution in [0.4, 0.5) is 0 Å². The number of hydrogen-bond donors (Lipinski definition) is 1. The van der Waals surface area contributed by atoms with E-state index in [1.807, 2.05) is 6.07 Å². The highest BCUT2D eigenvalue weighted by atomic mass is 79.9. The molecule has 1 aromatic carbocycles. The van der Waals surface area contributed by atoms with Crippen LogP contribution in [0.1, 0.15) is 25.0 Å². The lowest BCUT2D eigenvalue weighted by Crippen LogP contribution is -2.26. The molecular weight excluding hydrogens is 319 g/mol. The number of methoxy groups -OCH3 is 1. The highest BCUT2D eigenvalue weighted by molar-refractivity contribution is 9.10. The van der Waals surface area contributed by atoms with Gasteiger partial charge < -0.3 is 9.84 Å². The van der Waals surface area contributed by atoms with Gasteiger partial charge in [0, 0.05) is 22.2 Å². The van der Waals surface area contributed by atoms with Crippen molar-refractivity contribution >= 4 is 33.5 Å². The third-order valence-corrected chi connectivity index (χ3v) is 3.76. The summed E-state index contributed by atoms with van der Waals surface area (Å²) < 4.78 is 5.90. The van der Waals surface area contributed by atoms with Crippen molar-refractivity contribution in [3.8, 4) is 0 Å². The minimum Gasteiger partial charge on any atom is -0.481 e. The second-order valence-corrected chi connectivity index (χ2v) is 6.10. The van der Waals surface area contributed by atoms with E-state index >= 15 is 0 Å². The third kappa shape index (κ3) is 3.70. The maximum atomic E-state index is 11.1. The molecule has 0 unspecified atom stereocenters. The van der Waals surface area contributed by atoms with E-state index < -0.39 is 11.4 Å². The topological polar surface area (TPSA) is 46.5 Å². The zero-order valence-electron chi connectivity index (χ0n) is 10.6. The van der Waals surface area contributed by atoms with Crippen LogP contribution in [0.2, 0.25) is 5.02 Å². The summed E-state index contributed by atoms with van der Waals surface area (Å²) in [6, 6.07) is 3.69. The summed E-state index contributed by atoms with van der Waals surface area (Å²) >= 11 is 9.60. The Hall–Kier alpha value is -0.580. The first-order valence-corrected chi connectivity index (χ1v) is 6.64. The highest BCUT2D eigenvalue weighted by Crippen LogP contribution is 2.31. The van der Waals surface area contributed by atoms with E-state index in [-0.39, 0.29) is 0 Å². The first kappa shape index (κ1) is 15.5. The molecule has 0 bridgehead atoms. The molecule has 100 valence electrons. The zero-order chi connectivity index (χ0) is 13.9. The van der Waals surface area contributed by atoms with Crippen LogP contribution in [0.25, 0.3) is 0 Å². The summed E-state index contributed by atoms with van der Waals surface area (Å²) in [4.78, 5) is 11.1. The summed E-state index contributed by atoms with van der Waals surface area (Å²) in [5, 5.41) is 9.70. The SMILES string of the molecule is COCc1c(Cl)cc(CC(C)(C)C(=O)O)cc1Br. The van der Waals surface area contributed by atoms with Gasteiger partial charge in [0.25, 0.3) is 0 Å². The molecule has 0 aliphatic carbocycles. The second kappa shape index (κ2) is 6.04. The standard InChI is InChI=1S/C13H16BrClO3/c1-13(2,12(16)17)6-8-4-10(14)9(7-18-3)11(15)5-8/h4-5H,6-7H2,1-3H3,(H,16,17). The predicted octanol–water partition coefficient (Wildman–Crippen LogP) is 3.90. The van der Waals surface area contributed by atoms with Crippen LogP contribution in [-0.4, -0.2) is 18.2 Å². The molecule has 1 aromatic rings.